The highest BCUT2D eigenvalue weighted by atomic mass is 16.6. The first-order valence-corrected chi connectivity index (χ1v) is 9.95. The van der Waals surface area contributed by atoms with Crippen molar-refractivity contribution in [2.45, 2.75) is 31.5 Å². The molecule has 6 nitrogen and oxygen atoms in total. The van der Waals surface area contributed by atoms with Gasteiger partial charge < -0.3 is 29.2 Å². The summed E-state index contributed by atoms with van der Waals surface area (Å²) in [6.07, 6.45) is 0.818. The molecule has 3 aromatic carbocycles. The molecule has 2 aliphatic heterocycles. The van der Waals surface area contributed by atoms with Crippen molar-refractivity contribution >= 4 is 21.5 Å². The first kappa shape index (κ1) is 18.5. The predicted molar refractivity (Wildman–Crippen MR) is 111 cm³/mol. The number of hydroxylamine groups is 3. The Labute approximate surface area is 169 Å². The predicted octanol–water partition coefficient (Wildman–Crippen LogP) is 4.04. The molecule has 0 spiro atoms. The summed E-state index contributed by atoms with van der Waals surface area (Å²) in [5, 5.41) is 28.7. The van der Waals surface area contributed by atoms with Crippen molar-refractivity contribution in [3.63, 3.8) is 0 Å². The average molecular weight is 395 g/mol. The smallest absolute Gasteiger partial charge is 0.161 e. The monoisotopic (exact) mass is 395 g/mol. The van der Waals surface area contributed by atoms with Gasteiger partial charge in [-0.3, -0.25) is 0 Å². The largest absolute Gasteiger partial charge is 0.632 e. The molecule has 3 atom stereocenters. The molecule has 5 rings (SSSR count). The van der Waals surface area contributed by atoms with Crippen LogP contribution in [0.1, 0.15) is 30.1 Å². The Kier molecular flexibility index (Phi) is 4.13. The topological polar surface area (TPSA) is 71.0 Å². The SMILES string of the molecule is COc1ccc2c3c(c4cc(OC)c(OC)cc4c2c1)C[N+]1([O-])CCCC1C3O. The van der Waals surface area contributed by atoms with Crippen LogP contribution in [-0.4, -0.2) is 43.7 Å². The molecule has 0 saturated carbocycles. The third-order valence-electron chi connectivity index (χ3n) is 6.71. The lowest BCUT2D eigenvalue weighted by Gasteiger charge is -2.50. The van der Waals surface area contributed by atoms with Gasteiger partial charge in [-0.15, -0.1) is 0 Å². The van der Waals surface area contributed by atoms with Crippen molar-refractivity contribution < 1.29 is 24.0 Å². The Morgan fingerprint density at radius 1 is 0.931 bits per heavy atom. The van der Waals surface area contributed by atoms with Crippen LogP contribution in [0.25, 0.3) is 21.5 Å². The second-order valence-corrected chi connectivity index (χ2v) is 8.05. The first-order valence-electron chi connectivity index (χ1n) is 9.95. The van der Waals surface area contributed by atoms with Crippen LogP contribution >= 0.6 is 0 Å². The van der Waals surface area contributed by atoms with Gasteiger partial charge in [-0.05, 0) is 45.8 Å². The standard InChI is InChI=1S/C23H25NO5/c1-27-13-6-7-14-15(9-13)16-10-20(28-2)21(29-3)11-17(16)18-12-24(26)8-4-5-19(24)23(25)22(14)18/h6-7,9-11,19,23,25H,4-5,8,12H2,1-3H3. The number of quaternary nitrogens is 1. The molecule has 0 radical (unpaired) electrons. The number of hydrogen-bond acceptors (Lipinski definition) is 5. The molecule has 6 heteroatoms. The van der Waals surface area contributed by atoms with Crippen molar-refractivity contribution in [3.05, 3.63) is 46.7 Å². The summed E-state index contributed by atoms with van der Waals surface area (Å²) in [7, 11) is 4.86. The fraction of sp³-hybridized carbons (Fsp3) is 0.391. The molecule has 152 valence electrons. The molecule has 1 fully saturated rings. The molecule has 0 aromatic heterocycles. The minimum absolute atomic E-state index is 0.301. The highest BCUT2D eigenvalue weighted by Crippen LogP contribution is 2.49. The van der Waals surface area contributed by atoms with E-state index in [1.54, 1.807) is 21.3 Å². The van der Waals surface area contributed by atoms with Crippen molar-refractivity contribution in [3.8, 4) is 17.2 Å². The Hall–Kier alpha value is -2.54. The number of ether oxygens (including phenoxy) is 3. The molecular weight excluding hydrogens is 370 g/mol. The third kappa shape index (κ3) is 2.53. The van der Waals surface area contributed by atoms with Gasteiger partial charge in [-0.2, -0.15) is 0 Å². The number of methoxy groups -OCH3 is 3. The second kappa shape index (κ2) is 6.49. The third-order valence-corrected chi connectivity index (χ3v) is 6.71. The zero-order valence-corrected chi connectivity index (χ0v) is 16.9. The van der Waals surface area contributed by atoms with Crippen LogP contribution < -0.4 is 14.2 Å². The van der Waals surface area contributed by atoms with Gasteiger partial charge in [0.1, 0.15) is 24.4 Å². The van der Waals surface area contributed by atoms with E-state index in [9.17, 15) is 10.3 Å². The Morgan fingerprint density at radius 2 is 1.62 bits per heavy atom. The Bertz CT molecular complexity index is 1130. The van der Waals surface area contributed by atoms with E-state index >= 15 is 0 Å². The molecule has 2 heterocycles. The molecule has 0 amide bonds. The highest BCUT2D eigenvalue weighted by Gasteiger charge is 2.46. The minimum Gasteiger partial charge on any atom is -0.632 e. The maximum Gasteiger partial charge on any atom is 0.161 e. The highest BCUT2D eigenvalue weighted by molar-refractivity contribution is 6.12. The summed E-state index contributed by atoms with van der Waals surface area (Å²) >= 11 is 0. The Balaban J connectivity index is 1.93. The van der Waals surface area contributed by atoms with Gasteiger partial charge in [0.05, 0.1) is 27.9 Å². The van der Waals surface area contributed by atoms with Crippen molar-refractivity contribution in [1.29, 1.82) is 0 Å². The second-order valence-electron chi connectivity index (χ2n) is 8.05. The number of fused-ring (bicyclic) bond motifs is 7. The van der Waals surface area contributed by atoms with Gasteiger partial charge in [0.15, 0.2) is 11.5 Å². The first-order chi connectivity index (χ1) is 14.0. The van der Waals surface area contributed by atoms with Gasteiger partial charge in [0.2, 0.25) is 0 Å². The van der Waals surface area contributed by atoms with Crippen LogP contribution in [0.5, 0.6) is 17.2 Å². The molecular formula is C23H25NO5. The van der Waals surface area contributed by atoms with E-state index in [1.165, 1.54) is 0 Å². The van der Waals surface area contributed by atoms with Gasteiger partial charge in [-0.1, -0.05) is 6.07 Å². The molecule has 0 bridgehead atoms. The summed E-state index contributed by atoms with van der Waals surface area (Å²) in [5.74, 6) is 1.99. The maximum absolute atomic E-state index is 13.5. The normalized spacial score (nSPS) is 25.7. The van der Waals surface area contributed by atoms with Crippen LogP contribution in [0.4, 0.5) is 0 Å². The van der Waals surface area contributed by atoms with E-state index in [2.05, 4.69) is 0 Å². The van der Waals surface area contributed by atoms with Gasteiger partial charge in [-0.25, -0.2) is 0 Å². The summed E-state index contributed by atoms with van der Waals surface area (Å²) in [4.78, 5) is 0. The molecule has 2 aliphatic rings. The van der Waals surface area contributed by atoms with E-state index in [0.29, 0.717) is 24.6 Å². The van der Waals surface area contributed by atoms with Gasteiger partial charge in [0.25, 0.3) is 0 Å². The fourth-order valence-corrected chi connectivity index (χ4v) is 5.32. The molecule has 3 aromatic rings. The number of nitrogens with zero attached hydrogens (tertiary/aromatic N) is 1. The molecule has 29 heavy (non-hydrogen) atoms. The number of hydrogen-bond donors (Lipinski definition) is 1. The van der Waals surface area contributed by atoms with Crippen LogP contribution in [0, 0.1) is 5.21 Å². The Morgan fingerprint density at radius 3 is 2.31 bits per heavy atom. The van der Waals surface area contributed by atoms with Gasteiger partial charge >= 0.3 is 0 Å². The zero-order valence-electron chi connectivity index (χ0n) is 16.9. The fourth-order valence-electron chi connectivity index (χ4n) is 5.32. The van der Waals surface area contributed by atoms with Crippen LogP contribution in [-0.2, 0) is 6.54 Å². The van der Waals surface area contributed by atoms with Crippen molar-refractivity contribution in [2.75, 3.05) is 27.9 Å². The molecule has 1 N–H and O–H groups in total. The van der Waals surface area contributed by atoms with Gasteiger partial charge in [0, 0.05) is 24.0 Å². The van der Waals surface area contributed by atoms with E-state index in [-0.39, 0.29) is 10.7 Å². The molecule has 0 aliphatic carbocycles. The van der Waals surface area contributed by atoms with Crippen LogP contribution in [0.3, 0.4) is 0 Å². The van der Waals surface area contributed by atoms with Crippen molar-refractivity contribution in [2.24, 2.45) is 0 Å². The number of rotatable bonds is 3. The number of aliphatic hydroxyl groups is 1. The molecule has 1 saturated heterocycles. The van der Waals surface area contributed by atoms with E-state index in [4.69, 9.17) is 14.2 Å². The summed E-state index contributed by atoms with van der Waals surface area (Å²) in [5.41, 5.74) is 1.79. The summed E-state index contributed by atoms with van der Waals surface area (Å²) in [6, 6.07) is 9.47. The van der Waals surface area contributed by atoms with E-state index in [1.807, 2.05) is 30.3 Å². The van der Waals surface area contributed by atoms with Crippen LogP contribution in [0.2, 0.25) is 0 Å². The molecule has 3 unspecified atom stereocenters. The lowest BCUT2D eigenvalue weighted by atomic mass is 9.83. The maximum atomic E-state index is 13.5. The van der Waals surface area contributed by atoms with Crippen LogP contribution in [0.15, 0.2) is 30.3 Å². The lowest BCUT2D eigenvalue weighted by molar-refractivity contribution is -0.912. The summed E-state index contributed by atoms with van der Waals surface area (Å²) in [6.45, 7) is 0.918. The van der Waals surface area contributed by atoms with Crippen molar-refractivity contribution in [1.82, 2.24) is 0 Å². The van der Waals surface area contributed by atoms with E-state index < -0.39 is 6.10 Å². The lowest BCUT2D eigenvalue weighted by Crippen LogP contribution is -2.51. The quantitative estimate of drug-likeness (QED) is 0.412. The summed E-state index contributed by atoms with van der Waals surface area (Å²) < 4.78 is 16.2. The minimum atomic E-state index is -0.785. The zero-order chi connectivity index (χ0) is 20.3. The number of benzene rings is 3. The average Bonchev–Trinajstić information content (AvgIpc) is 3.14. The van der Waals surface area contributed by atoms with E-state index in [0.717, 1.165) is 51.3 Å². The number of aliphatic hydroxyl groups excluding tert-OH is 1.